The smallest absolute Gasteiger partial charge is 0.144 e. The summed E-state index contributed by atoms with van der Waals surface area (Å²) >= 11 is 0. The van der Waals surface area contributed by atoms with Crippen molar-refractivity contribution >= 4 is 23.1 Å². The zero-order valence-corrected chi connectivity index (χ0v) is 13.2. The number of pyridine rings is 1. The van der Waals surface area contributed by atoms with E-state index in [2.05, 4.69) is 9.98 Å². The summed E-state index contributed by atoms with van der Waals surface area (Å²) in [6, 6.07) is 3.89. The third-order valence-corrected chi connectivity index (χ3v) is 3.94. The molecule has 0 unspecified atom stereocenters. The third kappa shape index (κ3) is 2.71. The molecule has 3 heterocycles. The van der Waals surface area contributed by atoms with Gasteiger partial charge in [-0.15, -0.1) is 0 Å². The number of fused-ring (bicyclic) bond motifs is 1. The van der Waals surface area contributed by atoms with E-state index < -0.39 is 6.10 Å². The highest BCUT2D eigenvalue weighted by Gasteiger charge is 2.34. The van der Waals surface area contributed by atoms with Crippen molar-refractivity contribution in [2.45, 2.75) is 38.2 Å². The molecule has 0 amide bonds. The standard InChI is InChI=1S/C16H22N4O2/c1-4-14-13(21)9-15(22-14)20-8-6-11-12(18-10-19(2)3)5-7-17-16(11)20/h5-8,10,13-15,21H,4,9H2,1-3H3/t13-,14+,15+/m0/s1. The molecule has 2 aromatic heterocycles. The zero-order chi connectivity index (χ0) is 15.7. The number of ether oxygens (including phenoxy) is 1. The Bertz CT molecular complexity index is 680. The van der Waals surface area contributed by atoms with Crippen LogP contribution in [0.15, 0.2) is 29.5 Å². The molecule has 2 aromatic rings. The first-order valence-corrected chi connectivity index (χ1v) is 7.60. The topological polar surface area (TPSA) is 62.9 Å². The number of hydrogen-bond acceptors (Lipinski definition) is 4. The SMILES string of the molecule is CC[C@H]1O[C@@H](n2ccc3c(N=CN(C)C)ccnc32)C[C@@H]1O. The first-order chi connectivity index (χ1) is 10.6. The largest absolute Gasteiger partial charge is 0.390 e. The molecule has 6 heteroatoms. The Balaban J connectivity index is 1.95. The van der Waals surface area contributed by atoms with Gasteiger partial charge in [0.2, 0.25) is 0 Å². The van der Waals surface area contributed by atoms with Crippen molar-refractivity contribution in [2.24, 2.45) is 4.99 Å². The minimum Gasteiger partial charge on any atom is -0.390 e. The van der Waals surface area contributed by atoms with Crippen LogP contribution in [-0.4, -0.2) is 52.2 Å². The Hall–Kier alpha value is -1.92. The lowest BCUT2D eigenvalue weighted by atomic mass is 10.1. The van der Waals surface area contributed by atoms with Crippen LogP contribution < -0.4 is 0 Å². The molecule has 1 aliphatic rings. The molecule has 1 aliphatic heterocycles. The summed E-state index contributed by atoms with van der Waals surface area (Å²) in [5.41, 5.74) is 1.71. The van der Waals surface area contributed by atoms with Gasteiger partial charge in [-0.1, -0.05) is 6.92 Å². The molecule has 1 fully saturated rings. The second-order valence-corrected chi connectivity index (χ2v) is 5.84. The van der Waals surface area contributed by atoms with Gasteiger partial charge in [-0.2, -0.15) is 0 Å². The van der Waals surface area contributed by atoms with E-state index in [1.165, 1.54) is 0 Å². The molecule has 0 bridgehead atoms. The van der Waals surface area contributed by atoms with E-state index in [9.17, 15) is 5.11 Å². The maximum atomic E-state index is 10.0. The summed E-state index contributed by atoms with van der Waals surface area (Å²) in [6.45, 7) is 2.02. The lowest BCUT2D eigenvalue weighted by Gasteiger charge is -2.14. The predicted molar refractivity (Wildman–Crippen MR) is 86.4 cm³/mol. The summed E-state index contributed by atoms with van der Waals surface area (Å²) in [5, 5.41) is 11.0. The van der Waals surface area contributed by atoms with Crippen molar-refractivity contribution in [3.63, 3.8) is 0 Å². The molecule has 3 rings (SSSR count). The molecule has 0 saturated carbocycles. The van der Waals surface area contributed by atoms with Gasteiger partial charge in [0.05, 0.1) is 24.2 Å². The molecular formula is C16H22N4O2. The van der Waals surface area contributed by atoms with Crippen molar-refractivity contribution < 1.29 is 9.84 Å². The lowest BCUT2D eigenvalue weighted by Crippen LogP contribution is -2.19. The number of aliphatic imine (C=N–C) groups is 1. The van der Waals surface area contributed by atoms with Gasteiger partial charge < -0.3 is 19.3 Å². The van der Waals surface area contributed by atoms with Crippen LogP contribution in [0.4, 0.5) is 5.69 Å². The highest BCUT2D eigenvalue weighted by Crippen LogP contribution is 2.34. The fourth-order valence-corrected chi connectivity index (χ4v) is 2.82. The van der Waals surface area contributed by atoms with Gasteiger partial charge in [0, 0.05) is 38.3 Å². The van der Waals surface area contributed by atoms with E-state index >= 15 is 0 Å². The number of nitrogens with zero attached hydrogens (tertiary/aromatic N) is 4. The molecule has 0 radical (unpaired) electrons. The zero-order valence-electron chi connectivity index (χ0n) is 13.2. The number of aliphatic hydroxyl groups is 1. The Morgan fingerprint density at radius 2 is 2.32 bits per heavy atom. The van der Waals surface area contributed by atoms with Crippen molar-refractivity contribution in [2.75, 3.05) is 14.1 Å². The quantitative estimate of drug-likeness (QED) is 0.695. The summed E-state index contributed by atoms with van der Waals surface area (Å²) in [7, 11) is 3.87. The first-order valence-electron chi connectivity index (χ1n) is 7.60. The van der Waals surface area contributed by atoms with Gasteiger partial charge in [0.1, 0.15) is 11.9 Å². The highest BCUT2D eigenvalue weighted by atomic mass is 16.5. The minimum absolute atomic E-state index is 0.0996. The van der Waals surface area contributed by atoms with Crippen LogP contribution in [0.25, 0.3) is 11.0 Å². The molecule has 0 aromatic carbocycles. The van der Waals surface area contributed by atoms with Gasteiger partial charge in [-0.05, 0) is 18.6 Å². The predicted octanol–water partition coefficient (Wildman–Crippen LogP) is 2.32. The molecule has 1 N–H and O–H groups in total. The van der Waals surface area contributed by atoms with Gasteiger partial charge in [0.25, 0.3) is 0 Å². The van der Waals surface area contributed by atoms with Crippen molar-refractivity contribution in [3.05, 3.63) is 24.5 Å². The maximum absolute atomic E-state index is 10.0. The molecule has 0 aliphatic carbocycles. The van der Waals surface area contributed by atoms with Gasteiger partial charge in [-0.3, -0.25) is 0 Å². The van der Waals surface area contributed by atoms with E-state index in [1.54, 1.807) is 12.5 Å². The Morgan fingerprint density at radius 1 is 1.50 bits per heavy atom. The van der Waals surface area contributed by atoms with Gasteiger partial charge in [0.15, 0.2) is 0 Å². The maximum Gasteiger partial charge on any atom is 0.144 e. The second kappa shape index (κ2) is 6.06. The molecule has 0 spiro atoms. The minimum atomic E-state index is -0.414. The van der Waals surface area contributed by atoms with Crippen LogP contribution >= 0.6 is 0 Å². The van der Waals surface area contributed by atoms with Crippen molar-refractivity contribution in [3.8, 4) is 0 Å². The van der Waals surface area contributed by atoms with E-state index in [4.69, 9.17) is 4.74 Å². The summed E-state index contributed by atoms with van der Waals surface area (Å²) in [5.74, 6) is 0. The van der Waals surface area contributed by atoms with Crippen LogP contribution in [-0.2, 0) is 4.74 Å². The molecular weight excluding hydrogens is 280 g/mol. The number of hydrogen-bond donors (Lipinski definition) is 1. The lowest BCUT2D eigenvalue weighted by molar-refractivity contribution is -0.0180. The van der Waals surface area contributed by atoms with Crippen LogP contribution in [0, 0.1) is 0 Å². The van der Waals surface area contributed by atoms with E-state index in [1.807, 2.05) is 48.8 Å². The molecule has 3 atom stereocenters. The van der Waals surface area contributed by atoms with Gasteiger partial charge >= 0.3 is 0 Å². The monoisotopic (exact) mass is 302 g/mol. The highest BCUT2D eigenvalue weighted by molar-refractivity contribution is 5.89. The molecule has 1 saturated heterocycles. The third-order valence-electron chi connectivity index (χ3n) is 3.94. The molecule has 118 valence electrons. The second-order valence-electron chi connectivity index (χ2n) is 5.84. The summed E-state index contributed by atoms with van der Waals surface area (Å²) in [6.07, 6.45) is 6.20. The summed E-state index contributed by atoms with van der Waals surface area (Å²) < 4.78 is 7.93. The van der Waals surface area contributed by atoms with Crippen molar-refractivity contribution in [1.29, 1.82) is 0 Å². The molecule has 6 nitrogen and oxygen atoms in total. The Kier molecular flexibility index (Phi) is 4.13. The first kappa shape index (κ1) is 15.0. The van der Waals surface area contributed by atoms with Crippen LogP contribution in [0.2, 0.25) is 0 Å². The summed E-state index contributed by atoms with van der Waals surface area (Å²) in [4.78, 5) is 10.8. The Morgan fingerprint density at radius 3 is 3.00 bits per heavy atom. The number of aromatic nitrogens is 2. The average molecular weight is 302 g/mol. The van der Waals surface area contributed by atoms with Gasteiger partial charge in [-0.25, -0.2) is 9.98 Å². The van der Waals surface area contributed by atoms with Crippen LogP contribution in [0.1, 0.15) is 26.0 Å². The Labute approximate surface area is 130 Å². The fourth-order valence-electron chi connectivity index (χ4n) is 2.82. The van der Waals surface area contributed by atoms with Crippen molar-refractivity contribution in [1.82, 2.24) is 14.5 Å². The van der Waals surface area contributed by atoms with E-state index in [0.29, 0.717) is 6.42 Å². The normalized spacial score (nSPS) is 25.4. The van der Waals surface area contributed by atoms with Crippen LogP contribution in [0.3, 0.4) is 0 Å². The average Bonchev–Trinajstić information content (AvgIpc) is 3.08. The molecule has 22 heavy (non-hydrogen) atoms. The van der Waals surface area contributed by atoms with E-state index in [0.717, 1.165) is 23.1 Å². The van der Waals surface area contributed by atoms with Crippen LogP contribution in [0.5, 0.6) is 0 Å². The number of rotatable bonds is 4. The van der Waals surface area contributed by atoms with E-state index in [-0.39, 0.29) is 12.3 Å². The fraction of sp³-hybridized carbons (Fsp3) is 0.500. The number of aliphatic hydroxyl groups excluding tert-OH is 1.